The number of alkyl carbamates (subject to hydrolysis) is 1. The maximum atomic E-state index is 14.3. The molecule has 1 aromatic heterocycles. The molecule has 0 unspecified atom stereocenters. The summed E-state index contributed by atoms with van der Waals surface area (Å²) < 4.78 is 11.8. The van der Waals surface area contributed by atoms with E-state index in [-0.39, 0.29) is 37.4 Å². The first kappa shape index (κ1) is 32.8. The molecule has 1 atom stereocenters. The first-order valence-corrected chi connectivity index (χ1v) is 16.5. The Morgan fingerprint density at radius 2 is 1.54 bits per heavy atom. The van der Waals surface area contributed by atoms with Gasteiger partial charge in [-0.1, -0.05) is 103 Å². The quantitative estimate of drug-likeness (QED) is 0.142. The summed E-state index contributed by atoms with van der Waals surface area (Å²) in [5, 5.41) is 12.5. The van der Waals surface area contributed by atoms with Gasteiger partial charge in [0.2, 0.25) is 16.9 Å². The molecule has 46 heavy (non-hydrogen) atoms. The fourth-order valence-electron chi connectivity index (χ4n) is 5.38. The van der Waals surface area contributed by atoms with Crippen molar-refractivity contribution in [2.24, 2.45) is 0 Å². The van der Waals surface area contributed by atoms with Crippen LogP contribution in [0.1, 0.15) is 48.8 Å². The van der Waals surface area contributed by atoms with Gasteiger partial charge in [-0.25, -0.2) is 4.79 Å². The van der Waals surface area contributed by atoms with Crippen LogP contribution >= 0.6 is 23.6 Å². The molecule has 0 radical (unpaired) electrons. The molecule has 12 heteroatoms. The van der Waals surface area contributed by atoms with E-state index in [0.29, 0.717) is 21.4 Å². The molecule has 3 amide bonds. The highest BCUT2D eigenvalue weighted by molar-refractivity contribution is 7.73. The monoisotopic (exact) mass is 659 g/mol. The molecule has 3 N–H and O–H groups in total. The zero-order valence-electron chi connectivity index (χ0n) is 25.4. The number of aromatic amines is 1. The molecule has 0 bridgehead atoms. The number of anilines is 1. The van der Waals surface area contributed by atoms with Gasteiger partial charge in [0.05, 0.1) is 0 Å². The molecule has 1 saturated carbocycles. The van der Waals surface area contributed by atoms with Crippen LogP contribution in [0.5, 0.6) is 5.75 Å². The summed E-state index contributed by atoms with van der Waals surface area (Å²) in [5.41, 5.74) is 2.70. The highest BCUT2D eigenvalue weighted by Crippen LogP contribution is 2.24. The molecular weight excluding hydrogens is 623 g/mol. The second-order valence-electron chi connectivity index (χ2n) is 11.1. The van der Waals surface area contributed by atoms with Gasteiger partial charge < -0.3 is 19.7 Å². The van der Waals surface area contributed by atoms with Gasteiger partial charge in [-0.05, 0) is 53.9 Å². The molecule has 1 aliphatic rings. The number of H-pyrrole nitrogens is 1. The molecule has 0 saturated heterocycles. The summed E-state index contributed by atoms with van der Waals surface area (Å²) in [6, 6.07) is 25.5. The molecule has 10 nitrogen and oxygen atoms in total. The van der Waals surface area contributed by atoms with Crippen molar-refractivity contribution in [2.45, 2.75) is 63.8 Å². The van der Waals surface area contributed by atoms with Crippen LogP contribution in [0.2, 0.25) is 0 Å². The molecular formula is C34H37N5O5S2. The van der Waals surface area contributed by atoms with Crippen LogP contribution in [-0.2, 0) is 34.0 Å². The second kappa shape index (κ2) is 16.7. The van der Waals surface area contributed by atoms with Crippen LogP contribution in [0.4, 0.5) is 9.93 Å². The third-order valence-corrected chi connectivity index (χ3v) is 8.72. The molecule has 3 aromatic carbocycles. The summed E-state index contributed by atoms with van der Waals surface area (Å²) in [6.07, 6.45) is 4.03. The fourth-order valence-corrected chi connectivity index (χ4v) is 6.19. The number of ether oxygens (including phenoxy) is 2. The highest BCUT2D eigenvalue weighted by Gasteiger charge is 2.33. The van der Waals surface area contributed by atoms with E-state index in [2.05, 4.69) is 20.8 Å². The number of benzene rings is 3. The van der Waals surface area contributed by atoms with Crippen LogP contribution in [0.25, 0.3) is 0 Å². The molecule has 0 aliphatic heterocycles. The number of nitrogens with one attached hydrogen (secondary N) is 3. The van der Waals surface area contributed by atoms with E-state index in [1.54, 1.807) is 4.90 Å². The predicted octanol–water partition coefficient (Wildman–Crippen LogP) is 6.42. The Hall–Kier alpha value is -4.55. The number of nitrogens with zero attached hydrogens (tertiary/aromatic N) is 2. The molecule has 0 spiro atoms. The zero-order valence-corrected chi connectivity index (χ0v) is 27.0. The van der Waals surface area contributed by atoms with Crippen molar-refractivity contribution in [3.8, 4) is 5.75 Å². The summed E-state index contributed by atoms with van der Waals surface area (Å²) in [6.45, 7) is 0.312. The number of carbonyl (C=O) groups is 3. The Bertz CT molecular complexity index is 1620. The van der Waals surface area contributed by atoms with Crippen LogP contribution in [0.15, 0.2) is 84.9 Å². The SMILES string of the molecule is O=C(CN(C(=O)[C@H](Cc1ccc(OCc2ccccc2)cc1)NC(=O)OCc1ccccc1)C1CCCCC1)Nc1n[nH]c(=S)s1. The number of aromatic nitrogens is 2. The van der Waals surface area contributed by atoms with E-state index in [1.165, 1.54) is 0 Å². The van der Waals surface area contributed by atoms with E-state index in [0.717, 1.165) is 60.1 Å². The van der Waals surface area contributed by atoms with Crippen LogP contribution < -0.4 is 15.4 Å². The third-order valence-electron chi connectivity index (χ3n) is 7.71. The fraction of sp³-hybridized carbons (Fsp3) is 0.324. The lowest BCUT2D eigenvalue weighted by atomic mass is 9.93. The molecule has 1 fully saturated rings. The maximum absolute atomic E-state index is 14.3. The molecule has 1 aliphatic carbocycles. The van der Waals surface area contributed by atoms with E-state index in [4.69, 9.17) is 21.7 Å². The Morgan fingerprint density at radius 3 is 2.17 bits per heavy atom. The molecule has 4 aromatic rings. The van der Waals surface area contributed by atoms with Gasteiger partial charge in [0.15, 0.2) is 3.95 Å². The third kappa shape index (κ3) is 9.98. The predicted molar refractivity (Wildman–Crippen MR) is 179 cm³/mol. The Morgan fingerprint density at radius 1 is 0.891 bits per heavy atom. The minimum Gasteiger partial charge on any atom is -0.489 e. The largest absolute Gasteiger partial charge is 0.489 e. The topological polar surface area (TPSA) is 126 Å². The van der Waals surface area contributed by atoms with Crippen molar-refractivity contribution in [2.75, 3.05) is 11.9 Å². The maximum Gasteiger partial charge on any atom is 0.408 e. The van der Waals surface area contributed by atoms with Gasteiger partial charge in [0, 0.05) is 12.5 Å². The first-order chi connectivity index (χ1) is 22.4. The van der Waals surface area contributed by atoms with Crippen molar-refractivity contribution in [1.82, 2.24) is 20.4 Å². The smallest absolute Gasteiger partial charge is 0.408 e. The number of amides is 3. The second-order valence-corrected chi connectivity index (χ2v) is 12.8. The van der Waals surface area contributed by atoms with Crippen molar-refractivity contribution in [3.63, 3.8) is 0 Å². The number of hydrogen-bond acceptors (Lipinski definition) is 8. The van der Waals surface area contributed by atoms with Gasteiger partial charge in [0.25, 0.3) is 0 Å². The Kier molecular flexibility index (Phi) is 11.9. The standard InChI is InChI=1S/C34H37N5O5S2/c40-30(36-32-37-38-34(45)46-32)21-39(27-14-8-3-9-15-27)31(41)29(35-33(42)44-23-26-12-6-2-7-13-26)20-24-16-18-28(19-17-24)43-22-25-10-4-1-5-11-25/h1-2,4-7,10-13,16-19,27,29H,3,8-9,14-15,20-23H2,(H,35,42)(H,38,45)(H,36,37,40)/t29-/m0/s1. The van der Waals surface area contributed by atoms with Gasteiger partial charge in [0.1, 0.15) is 31.5 Å². The normalized spacial score (nSPS) is 13.7. The van der Waals surface area contributed by atoms with Crippen molar-refractivity contribution < 1.29 is 23.9 Å². The number of hydrogen-bond donors (Lipinski definition) is 3. The highest BCUT2D eigenvalue weighted by atomic mass is 32.1. The summed E-state index contributed by atoms with van der Waals surface area (Å²) >= 11 is 6.22. The van der Waals surface area contributed by atoms with Crippen molar-refractivity contribution >= 4 is 46.6 Å². The lowest BCUT2D eigenvalue weighted by Gasteiger charge is -2.36. The van der Waals surface area contributed by atoms with Gasteiger partial charge in [-0.15, -0.1) is 5.10 Å². The Labute approximate surface area is 277 Å². The minimum atomic E-state index is -0.971. The van der Waals surface area contributed by atoms with Crippen LogP contribution in [0.3, 0.4) is 0 Å². The molecule has 5 rings (SSSR count). The van der Waals surface area contributed by atoms with E-state index >= 15 is 0 Å². The van der Waals surface area contributed by atoms with Gasteiger partial charge >= 0.3 is 6.09 Å². The van der Waals surface area contributed by atoms with E-state index < -0.39 is 12.1 Å². The van der Waals surface area contributed by atoms with Crippen LogP contribution in [0, 0.1) is 3.95 Å². The average Bonchev–Trinajstić information content (AvgIpc) is 3.50. The van der Waals surface area contributed by atoms with Crippen molar-refractivity contribution in [1.29, 1.82) is 0 Å². The average molecular weight is 660 g/mol. The first-order valence-electron chi connectivity index (χ1n) is 15.3. The molecule has 240 valence electrons. The summed E-state index contributed by atoms with van der Waals surface area (Å²) in [4.78, 5) is 42.1. The Balaban J connectivity index is 1.31. The van der Waals surface area contributed by atoms with E-state index in [1.807, 2.05) is 84.9 Å². The van der Waals surface area contributed by atoms with Crippen molar-refractivity contribution in [3.05, 3.63) is 106 Å². The summed E-state index contributed by atoms with van der Waals surface area (Å²) in [5.74, 6) is -0.0485. The lowest BCUT2D eigenvalue weighted by Crippen LogP contribution is -2.55. The minimum absolute atomic E-state index is 0.0610. The zero-order chi connectivity index (χ0) is 32.1. The van der Waals surface area contributed by atoms with Gasteiger partial charge in [-0.2, -0.15) is 0 Å². The summed E-state index contributed by atoms with van der Waals surface area (Å²) in [7, 11) is 0. The van der Waals surface area contributed by atoms with E-state index in [9.17, 15) is 14.4 Å². The lowest BCUT2D eigenvalue weighted by molar-refractivity contribution is -0.139. The van der Waals surface area contributed by atoms with Gasteiger partial charge in [-0.3, -0.25) is 20.0 Å². The van der Waals surface area contributed by atoms with Crippen LogP contribution in [-0.4, -0.2) is 51.6 Å². The number of rotatable bonds is 13. The molecule has 1 heterocycles. The number of carbonyl (C=O) groups excluding carboxylic acids is 3.